The predicted octanol–water partition coefficient (Wildman–Crippen LogP) is 6.89. The van der Waals surface area contributed by atoms with Crippen LogP contribution in [0.15, 0.2) is 50.9 Å². The zero-order chi connectivity index (χ0) is 13.4. The summed E-state index contributed by atoms with van der Waals surface area (Å²) in [6, 6.07) is 13.1. The zero-order valence-electron chi connectivity index (χ0n) is 10.4. The number of rotatable bonds is 1. The van der Waals surface area contributed by atoms with Crippen LogP contribution in [-0.2, 0) is 0 Å². The quantitative estimate of drug-likeness (QED) is 0.394. The number of halogens is 2. The van der Waals surface area contributed by atoms with E-state index in [0.717, 1.165) is 11.4 Å². The first-order chi connectivity index (χ1) is 9.90. The fourth-order valence-corrected chi connectivity index (χ4v) is 5.14. The standard InChI is InChI=1S/C16H10I2N2/c1-3-15-13(5-7-17-19-15)9-11(1)12-2-4-16-14(10-12)6-8-18-20-16/h1-10H. The van der Waals surface area contributed by atoms with Gasteiger partial charge < -0.3 is 0 Å². The minimum Gasteiger partial charge on any atom is -0.222 e. The average molecular weight is 484 g/mol. The molecule has 20 heavy (non-hydrogen) atoms. The Balaban J connectivity index is 1.82. The van der Waals surface area contributed by atoms with Crippen LogP contribution in [0.4, 0.5) is 11.4 Å². The summed E-state index contributed by atoms with van der Waals surface area (Å²) in [5.74, 6) is 0. The van der Waals surface area contributed by atoms with Crippen LogP contribution in [0.5, 0.6) is 0 Å². The highest BCUT2D eigenvalue weighted by atomic mass is 127. The van der Waals surface area contributed by atoms with Gasteiger partial charge in [0.2, 0.25) is 0 Å². The smallest absolute Gasteiger partial charge is 0.0764 e. The van der Waals surface area contributed by atoms with Crippen molar-refractivity contribution in [1.29, 1.82) is 0 Å². The molecule has 0 radical (unpaired) electrons. The molecule has 2 nitrogen and oxygen atoms in total. The third-order valence-corrected chi connectivity index (χ3v) is 6.22. The first-order valence-corrected chi connectivity index (χ1v) is 10.6. The first kappa shape index (κ1) is 12.7. The number of hydrogen-bond acceptors (Lipinski definition) is 2. The normalized spacial score (nSPS) is 15.0. The van der Waals surface area contributed by atoms with Gasteiger partial charge in [0.25, 0.3) is 0 Å². The van der Waals surface area contributed by atoms with Gasteiger partial charge in [-0.3, -0.25) is 0 Å². The molecule has 0 aliphatic carbocycles. The van der Waals surface area contributed by atoms with Crippen molar-refractivity contribution in [2.24, 2.45) is 6.29 Å². The van der Waals surface area contributed by atoms with Gasteiger partial charge in [-0.2, -0.15) is 0 Å². The highest BCUT2D eigenvalue weighted by Crippen LogP contribution is 2.37. The summed E-state index contributed by atoms with van der Waals surface area (Å²) in [5, 5.41) is 0. The largest absolute Gasteiger partial charge is 0.222 e. The molecule has 4 heteroatoms. The van der Waals surface area contributed by atoms with Crippen LogP contribution in [-0.4, -0.2) is 0 Å². The zero-order valence-corrected chi connectivity index (χ0v) is 14.7. The van der Waals surface area contributed by atoms with Crippen LogP contribution in [0.2, 0.25) is 0 Å². The van der Waals surface area contributed by atoms with Gasteiger partial charge in [0.1, 0.15) is 0 Å². The molecular formula is C16H10I2N2. The molecule has 0 fully saturated rings. The molecule has 0 spiro atoms. The van der Waals surface area contributed by atoms with Gasteiger partial charge in [-0.25, -0.2) is 6.29 Å². The second kappa shape index (κ2) is 5.40. The second-order valence-corrected chi connectivity index (χ2v) is 8.01. The Hall–Kier alpha value is -1.02. The van der Waals surface area contributed by atoms with Crippen LogP contribution in [0, 0.1) is 0 Å². The molecule has 0 aromatic heterocycles. The Kier molecular flexibility index (Phi) is 3.43. The fourth-order valence-electron chi connectivity index (χ4n) is 2.24. The second-order valence-electron chi connectivity index (χ2n) is 4.50. The monoisotopic (exact) mass is 484 g/mol. The maximum absolute atomic E-state index is 4.60. The van der Waals surface area contributed by atoms with Crippen LogP contribution in [0.1, 0.15) is 11.1 Å². The molecule has 0 unspecified atom stereocenters. The van der Waals surface area contributed by atoms with E-state index in [1.54, 1.807) is 0 Å². The van der Waals surface area contributed by atoms with Gasteiger partial charge in [-0.1, -0.05) is 12.1 Å². The molecular weight excluding hydrogens is 474 g/mol. The van der Waals surface area contributed by atoms with E-state index in [4.69, 9.17) is 0 Å². The molecule has 2 aliphatic rings. The Labute approximate surface area is 137 Å². The Morgan fingerprint density at radius 3 is 1.65 bits per heavy atom. The third-order valence-electron chi connectivity index (χ3n) is 3.27. The molecule has 0 saturated carbocycles. The van der Waals surface area contributed by atoms with Crippen molar-refractivity contribution in [3.63, 3.8) is 0 Å². The molecule has 0 amide bonds. The van der Waals surface area contributed by atoms with Gasteiger partial charge in [0.15, 0.2) is 0 Å². The summed E-state index contributed by atoms with van der Waals surface area (Å²) in [6.07, 6.45) is 4.41. The molecule has 2 heterocycles. The van der Waals surface area contributed by atoms with Gasteiger partial charge in [0, 0.05) is 53.2 Å². The molecule has 2 aromatic rings. The van der Waals surface area contributed by atoms with E-state index in [1.165, 1.54) is 22.3 Å². The minimum absolute atomic E-state index is 0.121. The lowest BCUT2D eigenvalue weighted by atomic mass is 9.99. The van der Waals surface area contributed by atoms with E-state index in [0.29, 0.717) is 0 Å². The van der Waals surface area contributed by atoms with Crippen LogP contribution >= 0.6 is 42.1 Å². The van der Waals surface area contributed by atoms with Crippen molar-refractivity contribution >= 4 is 65.6 Å². The fraction of sp³-hybridized carbons (Fsp3) is 0. The van der Waals surface area contributed by atoms with Gasteiger partial charge in [-0.15, -0.1) is 0 Å². The SMILES string of the molecule is C1=Cc2cc(-c3ccc4c(c3)C=CI=N4)ccc2N=I1. The topological polar surface area (TPSA) is 24.7 Å². The molecule has 0 N–H and O–H groups in total. The van der Waals surface area contributed by atoms with E-state index in [9.17, 15) is 0 Å². The summed E-state index contributed by atoms with van der Waals surface area (Å²) in [4.78, 5) is 0. The lowest BCUT2D eigenvalue weighted by molar-refractivity contribution is 1.51. The van der Waals surface area contributed by atoms with Crippen molar-refractivity contribution in [2.45, 2.75) is 0 Å². The minimum atomic E-state index is -0.121. The summed E-state index contributed by atoms with van der Waals surface area (Å²) in [7, 11) is 0. The highest BCUT2D eigenvalue weighted by Gasteiger charge is 2.07. The van der Waals surface area contributed by atoms with Gasteiger partial charge >= 0.3 is 0 Å². The molecule has 2 aromatic carbocycles. The Bertz CT molecular complexity index is 748. The van der Waals surface area contributed by atoms with Crippen molar-refractivity contribution in [3.8, 4) is 11.1 Å². The van der Waals surface area contributed by atoms with E-state index < -0.39 is 0 Å². The number of hydrogen-bond donors (Lipinski definition) is 0. The van der Waals surface area contributed by atoms with Crippen molar-refractivity contribution in [1.82, 2.24) is 0 Å². The summed E-state index contributed by atoms with van der Waals surface area (Å²) < 4.78 is 13.6. The summed E-state index contributed by atoms with van der Waals surface area (Å²) >= 11 is -0.241. The lowest BCUT2D eigenvalue weighted by Gasteiger charge is -2.10. The van der Waals surface area contributed by atoms with Crippen LogP contribution < -0.4 is 0 Å². The number of fused-ring (bicyclic) bond motifs is 2. The van der Waals surface area contributed by atoms with Crippen molar-refractivity contribution < 1.29 is 0 Å². The highest BCUT2D eigenvalue weighted by molar-refractivity contribution is 14.2. The average Bonchev–Trinajstić information content (AvgIpc) is 2.54. The summed E-state index contributed by atoms with van der Waals surface area (Å²) in [6.45, 7) is 0. The maximum atomic E-state index is 4.60. The number of benzene rings is 2. The maximum Gasteiger partial charge on any atom is 0.0764 e. The third kappa shape index (κ3) is 2.35. The van der Waals surface area contributed by atoms with Crippen molar-refractivity contribution in [3.05, 3.63) is 55.7 Å². The molecule has 0 bridgehead atoms. The molecule has 0 saturated heterocycles. The van der Waals surface area contributed by atoms with Crippen LogP contribution in [0.3, 0.4) is 0 Å². The predicted molar refractivity (Wildman–Crippen MR) is 102 cm³/mol. The summed E-state index contributed by atoms with van der Waals surface area (Å²) in [5.41, 5.74) is 7.25. The Morgan fingerprint density at radius 1 is 0.650 bits per heavy atom. The molecule has 98 valence electrons. The molecule has 4 rings (SSSR count). The number of nitrogens with zero attached hydrogens (tertiary/aromatic N) is 2. The van der Waals surface area contributed by atoms with E-state index in [-0.39, 0.29) is 42.1 Å². The van der Waals surface area contributed by atoms with Gasteiger partial charge in [-0.05, 0) is 55.7 Å². The van der Waals surface area contributed by atoms with Gasteiger partial charge in [0.05, 0.1) is 11.4 Å². The first-order valence-electron chi connectivity index (χ1n) is 6.19. The van der Waals surface area contributed by atoms with Crippen LogP contribution in [0.25, 0.3) is 23.3 Å². The molecule has 0 atom stereocenters. The van der Waals surface area contributed by atoms with E-state index in [1.807, 2.05) is 0 Å². The Morgan fingerprint density at radius 2 is 1.15 bits per heavy atom. The molecule has 2 aliphatic heterocycles. The lowest BCUT2D eigenvalue weighted by Crippen LogP contribution is -1.84. The van der Waals surface area contributed by atoms with E-state index in [2.05, 4.69) is 63.0 Å². The van der Waals surface area contributed by atoms with E-state index >= 15 is 0 Å². The van der Waals surface area contributed by atoms with Crippen molar-refractivity contribution in [2.75, 3.05) is 0 Å².